The molecule has 9 heteroatoms. The number of carbonyl (C=O) groups excluding carboxylic acids is 1. The summed E-state index contributed by atoms with van der Waals surface area (Å²) < 4.78 is 23.5. The zero-order valence-corrected chi connectivity index (χ0v) is 33.8. The van der Waals surface area contributed by atoms with Crippen LogP contribution >= 0.6 is 7.82 Å². The lowest BCUT2D eigenvalue weighted by Gasteiger charge is -2.26. The van der Waals surface area contributed by atoms with Crippen LogP contribution in [0.4, 0.5) is 0 Å². The lowest BCUT2D eigenvalue weighted by atomic mass is 10.0. The summed E-state index contributed by atoms with van der Waals surface area (Å²) in [5, 5.41) is 13.8. The van der Waals surface area contributed by atoms with E-state index < -0.39 is 20.0 Å². The first-order valence-electron chi connectivity index (χ1n) is 20.6. The summed E-state index contributed by atoms with van der Waals surface area (Å²) in [6, 6.07) is -0.756. The van der Waals surface area contributed by atoms with E-state index in [2.05, 4.69) is 31.3 Å². The minimum atomic E-state index is -4.30. The molecule has 0 spiro atoms. The van der Waals surface area contributed by atoms with Crippen molar-refractivity contribution in [3.8, 4) is 0 Å². The predicted octanol–water partition coefficient (Wildman–Crippen LogP) is 10.8. The van der Waals surface area contributed by atoms with Crippen molar-refractivity contribution in [1.82, 2.24) is 5.32 Å². The lowest BCUT2D eigenvalue weighted by Crippen LogP contribution is -2.46. The van der Waals surface area contributed by atoms with Gasteiger partial charge in [0.05, 0.1) is 39.9 Å². The highest BCUT2D eigenvalue weighted by Crippen LogP contribution is 2.43. The van der Waals surface area contributed by atoms with Crippen molar-refractivity contribution in [2.45, 2.75) is 199 Å². The molecule has 0 saturated carbocycles. The number of hydrogen-bond donors (Lipinski definition) is 3. The van der Waals surface area contributed by atoms with E-state index in [0.29, 0.717) is 23.9 Å². The van der Waals surface area contributed by atoms with Gasteiger partial charge in [0.25, 0.3) is 0 Å². The maximum Gasteiger partial charge on any atom is 0.472 e. The van der Waals surface area contributed by atoms with Crippen molar-refractivity contribution in [1.29, 1.82) is 0 Å². The Morgan fingerprint density at radius 3 is 1.57 bits per heavy atom. The number of allylic oxidation sites excluding steroid dienone is 2. The topological polar surface area (TPSA) is 105 Å². The fourth-order valence-electron chi connectivity index (χ4n) is 5.92. The molecule has 0 heterocycles. The van der Waals surface area contributed by atoms with Crippen LogP contribution in [0.2, 0.25) is 0 Å². The second-order valence-electron chi connectivity index (χ2n) is 15.4. The van der Waals surface area contributed by atoms with Gasteiger partial charge in [-0.25, -0.2) is 4.57 Å². The average Bonchev–Trinajstić information content (AvgIpc) is 3.04. The van der Waals surface area contributed by atoms with Crippen LogP contribution in [0.15, 0.2) is 12.2 Å². The highest BCUT2D eigenvalue weighted by atomic mass is 31.2. The minimum Gasteiger partial charge on any atom is -0.391 e. The van der Waals surface area contributed by atoms with Crippen molar-refractivity contribution < 1.29 is 32.9 Å². The number of amides is 1. The summed E-state index contributed by atoms with van der Waals surface area (Å²) >= 11 is 0. The zero-order chi connectivity index (χ0) is 36.5. The number of aliphatic hydroxyl groups excluding tert-OH is 1. The molecule has 0 fully saturated rings. The van der Waals surface area contributed by atoms with Crippen LogP contribution < -0.4 is 5.32 Å². The Hall–Kier alpha value is -0.760. The van der Waals surface area contributed by atoms with E-state index in [9.17, 15) is 19.4 Å². The van der Waals surface area contributed by atoms with Gasteiger partial charge >= 0.3 is 7.82 Å². The molecule has 3 N–H and O–H groups in total. The molecule has 292 valence electrons. The first kappa shape index (κ1) is 48.2. The molecule has 1 amide bonds. The summed E-state index contributed by atoms with van der Waals surface area (Å²) in [5.74, 6) is -0.151. The number of unbranched alkanes of at least 4 members (excludes halogenated alkanes) is 22. The zero-order valence-electron chi connectivity index (χ0n) is 32.9. The van der Waals surface area contributed by atoms with Gasteiger partial charge in [0.1, 0.15) is 13.2 Å². The van der Waals surface area contributed by atoms with Gasteiger partial charge in [-0.15, -0.1) is 0 Å². The molecule has 0 aliphatic carbocycles. The molecule has 0 aliphatic heterocycles. The predicted molar refractivity (Wildman–Crippen MR) is 208 cm³/mol. The number of hydrogen-bond acceptors (Lipinski definition) is 5. The van der Waals surface area contributed by atoms with Crippen LogP contribution in [0, 0.1) is 0 Å². The standard InChI is InChI=1S/C40H81N2O6P/c1-6-8-10-12-14-16-17-18-19-20-21-22-23-24-26-28-30-32-34-40(44)41-38(37-48-49(45,46)47-36-35-42(3,4)5)39(43)33-31-29-27-25-15-13-11-9-7-2/h19-20,38-39,43H,6-18,21-37H2,1-5H3,(H-,41,44,45,46)/p+1/b20-19-. The van der Waals surface area contributed by atoms with Crippen molar-refractivity contribution in [2.75, 3.05) is 40.9 Å². The molecular formula is C40H82N2O6P+. The third-order valence-corrected chi connectivity index (χ3v) is 10.2. The van der Waals surface area contributed by atoms with Gasteiger partial charge in [-0.3, -0.25) is 13.8 Å². The molecule has 8 nitrogen and oxygen atoms in total. The van der Waals surface area contributed by atoms with Gasteiger partial charge in [0.15, 0.2) is 0 Å². The van der Waals surface area contributed by atoms with Crippen LogP contribution in [-0.4, -0.2) is 73.4 Å². The number of rotatable bonds is 37. The SMILES string of the molecule is CCCCCCCCC/C=C\CCCCCCCCCC(=O)NC(COP(=O)(O)OCC[N+](C)(C)C)C(O)CCCCCCCCCCC. The summed E-state index contributed by atoms with van der Waals surface area (Å²) in [7, 11) is 1.61. The van der Waals surface area contributed by atoms with Crippen molar-refractivity contribution in [2.24, 2.45) is 0 Å². The van der Waals surface area contributed by atoms with Crippen LogP contribution in [0.5, 0.6) is 0 Å². The molecule has 0 aromatic carbocycles. The summed E-state index contributed by atoms with van der Waals surface area (Å²) in [4.78, 5) is 23.0. The number of aliphatic hydroxyl groups is 1. The Labute approximate surface area is 303 Å². The fourth-order valence-corrected chi connectivity index (χ4v) is 6.66. The molecular weight excluding hydrogens is 635 g/mol. The van der Waals surface area contributed by atoms with Crippen LogP contribution in [0.3, 0.4) is 0 Å². The van der Waals surface area contributed by atoms with E-state index in [4.69, 9.17) is 9.05 Å². The molecule has 49 heavy (non-hydrogen) atoms. The van der Waals surface area contributed by atoms with Crippen molar-refractivity contribution in [3.05, 3.63) is 12.2 Å². The highest BCUT2D eigenvalue weighted by molar-refractivity contribution is 7.47. The van der Waals surface area contributed by atoms with Gasteiger partial charge in [-0.1, -0.05) is 154 Å². The Morgan fingerprint density at radius 2 is 1.10 bits per heavy atom. The maximum absolute atomic E-state index is 12.8. The summed E-state index contributed by atoms with van der Waals surface area (Å²) in [5.41, 5.74) is 0. The van der Waals surface area contributed by atoms with E-state index in [1.165, 1.54) is 122 Å². The van der Waals surface area contributed by atoms with E-state index in [-0.39, 0.29) is 19.1 Å². The maximum atomic E-state index is 12.8. The van der Waals surface area contributed by atoms with E-state index in [1.54, 1.807) is 0 Å². The average molecular weight is 718 g/mol. The number of quaternary nitrogens is 1. The number of carbonyl (C=O) groups is 1. The molecule has 0 aromatic rings. The number of phosphoric ester groups is 1. The van der Waals surface area contributed by atoms with Gasteiger partial charge in [0.2, 0.25) is 5.91 Å². The number of nitrogens with zero attached hydrogens (tertiary/aromatic N) is 1. The van der Waals surface area contributed by atoms with Crippen molar-refractivity contribution in [3.63, 3.8) is 0 Å². The fraction of sp³-hybridized carbons (Fsp3) is 0.925. The lowest BCUT2D eigenvalue weighted by molar-refractivity contribution is -0.870. The van der Waals surface area contributed by atoms with E-state index in [0.717, 1.165) is 38.5 Å². The molecule has 0 aromatic heterocycles. The highest BCUT2D eigenvalue weighted by Gasteiger charge is 2.28. The number of phosphoric acid groups is 1. The van der Waals surface area contributed by atoms with Gasteiger partial charge in [-0.2, -0.15) is 0 Å². The van der Waals surface area contributed by atoms with Gasteiger partial charge in [0, 0.05) is 6.42 Å². The first-order valence-corrected chi connectivity index (χ1v) is 22.0. The van der Waals surface area contributed by atoms with Crippen LogP contribution in [-0.2, 0) is 18.4 Å². The Morgan fingerprint density at radius 1 is 0.673 bits per heavy atom. The van der Waals surface area contributed by atoms with Crippen LogP contribution in [0.25, 0.3) is 0 Å². The quantitative estimate of drug-likeness (QED) is 0.0256. The largest absolute Gasteiger partial charge is 0.472 e. The Balaban J connectivity index is 4.32. The smallest absolute Gasteiger partial charge is 0.391 e. The monoisotopic (exact) mass is 718 g/mol. The molecule has 0 aliphatic rings. The molecule has 3 atom stereocenters. The Bertz CT molecular complexity index is 819. The Kier molecular flexibility index (Phi) is 32.6. The third-order valence-electron chi connectivity index (χ3n) is 9.26. The number of nitrogens with one attached hydrogen (secondary N) is 1. The van der Waals surface area contributed by atoms with Gasteiger partial charge in [-0.05, 0) is 38.5 Å². The normalized spacial score (nSPS) is 14.7. The molecule has 0 bridgehead atoms. The van der Waals surface area contributed by atoms with E-state index >= 15 is 0 Å². The first-order chi connectivity index (χ1) is 23.5. The molecule has 0 rings (SSSR count). The third kappa shape index (κ3) is 35.4. The second kappa shape index (κ2) is 33.1. The molecule has 0 radical (unpaired) electrons. The summed E-state index contributed by atoms with van der Waals surface area (Å²) in [6.45, 7) is 4.85. The molecule has 3 unspecified atom stereocenters. The van der Waals surface area contributed by atoms with Gasteiger partial charge < -0.3 is 19.8 Å². The van der Waals surface area contributed by atoms with Crippen molar-refractivity contribution >= 4 is 13.7 Å². The minimum absolute atomic E-state index is 0.0751. The number of likely N-dealkylation sites (N-methyl/N-ethyl adjacent to an activating group) is 1. The second-order valence-corrected chi connectivity index (χ2v) is 16.8. The van der Waals surface area contributed by atoms with E-state index in [1.807, 2.05) is 21.1 Å². The van der Waals surface area contributed by atoms with Crippen LogP contribution in [0.1, 0.15) is 187 Å². The molecule has 0 saturated heterocycles. The summed E-state index contributed by atoms with van der Waals surface area (Å²) in [6.07, 6.45) is 35.2.